The van der Waals surface area contributed by atoms with Gasteiger partial charge in [0.25, 0.3) is 0 Å². The molecule has 5 heteroatoms. The summed E-state index contributed by atoms with van der Waals surface area (Å²) in [5.41, 5.74) is 0. The molecule has 12 heavy (non-hydrogen) atoms. The third-order valence-corrected chi connectivity index (χ3v) is 3.69. The third kappa shape index (κ3) is 3.51. The Bertz CT molecular complexity index is 249. The zero-order chi connectivity index (χ0) is 8.97. The molecule has 0 saturated carbocycles. The molecule has 0 saturated heterocycles. The van der Waals surface area contributed by atoms with Gasteiger partial charge >= 0.3 is 0 Å². The quantitative estimate of drug-likeness (QED) is 0.732. The minimum absolute atomic E-state index is 0.384. The summed E-state index contributed by atoms with van der Waals surface area (Å²) in [4.78, 5) is 1.03. The summed E-state index contributed by atoms with van der Waals surface area (Å²) >= 11 is 13.2. The lowest BCUT2D eigenvalue weighted by molar-refractivity contribution is 0.485. The molecule has 0 aliphatic heterocycles. The van der Waals surface area contributed by atoms with Crippen LogP contribution in [-0.2, 0) is 4.52 Å². The summed E-state index contributed by atoms with van der Waals surface area (Å²) in [6, 6.07) is 5.44. The first kappa shape index (κ1) is 10.6. The van der Waals surface area contributed by atoms with Crippen LogP contribution in [0.5, 0.6) is 0 Å². The van der Waals surface area contributed by atoms with E-state index >= 15 is 0 Å². The van der Waals surface area contributed by atoms with Crippen LogP contribution in [-0.4, -0.2) is 7.11 Å². The number of hydrogen-bond acceptors (Lipinski definition) is 2. The Kier molecular flexibility index (Phi) is 4.70. The van der Waals surface area contributed by atoms with Crippen LogP contribution in [0.1, 0.15) is 0 Å². The summed E-state index contributed by atoms with van der Waals surface area (Å²) in [6.07, 6.45) is 0. The maximum absolute atomic E-state index is 5.79. The lowest BCUT2D eigenvalue weighted by Gasteiger charge is -2.00. The van der Waals surface area contributed by atoms with Crippen molar-refractivity contribution in [2.45, 2.75) is 4.90 Å². The van der Waals surface area contributed by atoms with Crippen molar-refractivity contribution in [1.29, 1.82) is 0 Å². The summed E-state index contributed by atoms with van der Waals surface area (Å²) in [7, 11) is 2.05. The molecule has 0 N–H and O–H groups in total. The van der Waals surface area contributed by atoms with Crippen LogP contribution < -0.4 is 0 Å². The Morgan fingerprint density at radius 3 is 2.33 bits per heavy atom. The van der Waals surface area contributed by atoms with E-state index in [-0.39, 0.29) is 0 Å². The molecule has 1 unspecified atom stereocenters. The van der Waals surface area contributed by atoms with E-state index in [0.29, 0.717) is 18.1 Å². The van der Waals surface area contributed by atoms with Crippen molar-refractivity contribution in [3.05, 3.63) is 28.2 Å². The van der Waals surface area contributed by atoms with Gasteiger partial charge in [-0.2, -0.15) is 0 Å². The molecular formula is C7H7Cl2OPS. The van der Waals surface area contributed by atoms with Crippen LogP contribution in [0.2, 0.25) is 10.0 Å². The topological polar surface area (TPSA) is 9.23 Å². The van der Waals surface area contributed by atoms with Gasteiger partial charge in [-0.15, -0.1) is 0 Å². The molecule has 1 aromatic carbocycles. The highest BCUT2D eigenvalue weighted by Crippen LogP contribution is 2.39. The normalized spacial score (nSPS) is 11.2. The van der Waals surface area contributed by atoms with Gasteiger partial charge in [-0.25, -0.2) is 0 Å². The first-order valence-electron chi connectivity index (χ1n) is 3.13. The van der Waals surface area contributed by atoms with Crippen LogP contribution in [0.4, 0.5) is 0 Å². The number of hydrogen-bond donors (Lipinski definition) is 0. The summed E-state index contributed by atoms with van der Waals surface area (Å²) in [6.45, 7) is 0. The van der Waals surface area contributed by atoms with Crippen molar-refractivity contribution >= 4 is 42.6 Å². The van der Waals surface area contributed by atoms with E-state index in [4.69, 9.17) is 27.7 Å². The van der Waals surface area contributed by atoms with E-state index in [1.54, 1.807) is 24.6 Å². The molecule has 0 fully saturated rings. The highest BCUT2D eigenvalue weighted by molar-refractivity contribution is 8.48. The standard InChI is InChI=1S/C7H7Cl2OPS/c1-10-11-12-7-3-5(8)2-6(9)4-7/h2-4,11H,1H3. The molecule has 1 aromatic rings. The Balaban J connectivity index is 2.72. The zero-order valence-electron chi connectivity index (χ0n) is 6.30. The van der Waals surface area contributed by atoms with Crippen molar-refractivity contribution in [2.75, 3.05) is 7.11 Å². The summed E-state index contributed by atoms with van der Waals surface area (Å²) in [5.74, 6) is 0. The largest absolute Gasteiger partial charge is 0.354 e. The summed E-state index contributed by atoms with van der Waals surface area (Å²) < 4.78 is 4.93. The molecule has 1 atom stereocenters. The molecule has 1 nitrogen and oxygen atoms in total. The van der Waals surface area contributed by atoms with Gasteiger partial charge in [0, 0.05) is 22.1 Å². The number of halogens is 2. The second-order valence-electron chi connectivity index (χ2n) is 1.99. The van der Waals surface area contributed by atoms with E-state index in [2.05, 4.69) is 0 Å². The Morgan fingerprint density at radius 1 is 1.25 bits per heavy atom. The van der Waals surface area contributed by atoms with Crippen molar-refractivity contribution in [2.24, 2.45) is 0 Å². The van der Waals surface area contributed by atoms with Crippen LogP contribution >= 0.6 is 42.6 Å². The zero-order valence-corrected chi connectivity index (χ0v) is 9.63. The molecule has 0 bridgehead atoms. The number of benzene rings is 1. The van der Waals surface area contributed by atoms with Gasteiger partial charge in [0.05, 0.1) is 8.01 Å². The van der Waals surface area contributed by atoms with E-state index in [1.165, 1.54) is 0 Å². The highest BCUT2D eigenvalue weighted by Gasteiger charge is 1.98. The molecule has 0 aliphatic carbocycles. The van der Waals surface area contributed by atoms with Crippen molar-refractivity contribution in [1.82, 2.24) is 0 Å². The van der Waals surface area contributed by atoms with Crippen molar-refractivity contribution in [3.8, 4) is 0 Å². The SMILES string of the molecule is COPSc1cc(Cl)cc(Cl)c1. The fourth-order valence-corrected chi connectivity index (χ4v) is 2.78. The first-order valence-corrected chi connectivity index (χ1v) is 6.34. The van der Waals surface area contributed by atoms with Gasteiger partial charge in [0.15, 0.2) is 0 Å². The van der Waals surface area contributed by atoms with E-state index < -0.39 is 0 Å². The predicted molar refractivity (Wildman–Crippen MR) is 57.6 cm³/mol. The van der Waals surface area contributed by atoms with Crippen LogP contribution in [0.15, 0.2) is 23.1 Å². The van der Waals surface area contributed by atoms with Gasteiger partial charge < -0.3 is 4.52 Å². The minimum Gasteiger partial charge on any atom is -0.354 e. The highest BCUT2D eigenvalue weighted by atomic mass is 35.5. The average molecular weight is 241 g/mol. The Labute approximate surface area is 87.4 Å². The second kappa shape index (κ2) is 5.31. The van der Waals surface area contributed by atoms with E-state index in [1.807, 2.05) is 12.1 Å². The fourth-order valence-electron chi connectivity index (χ4n) is 0.677. The maximum atomic E-state index is 5.79. The fraction of sp³-hybridized carbons (Fsp3) is 0.143. The monoisotopic (exact) mass is 240 g/mol. The van der Waals surface area contributed by atoms with E-state index in [9.17, 15) is 0 Å². The second-order valence-corrected chi connectivity index (χ2v) is 5.23. The molecule has 0 heterocycles. The van der Waals surface area contributed by atoms with Crippen LogP contribution in [0, 0.1) is 0 Å². The Hall–Kier alpha value is 0.540. The average Bonchev–Trinajstić information content (AvgIpc) is 1.99. The molecule has 0 aliphatic rings. The van der Waals surface area contributed by atoms with Gasteiger partial charge in [-0.3, -0.25) is 0 Å². The van der Waals surface area contributed by atoms with E-state index in [0.717, 1.165) is 4.90 Å². The predicted octanol–water partition coefficient (Wildman–Crippen LogP) is 4.24. The van der Waals surface area contributed by atoms with Gasteiger partial charge in [-0.1, -0.05) is 34.6 Å². The minimum atomic E-state index is 0.384. The van der Waals surface area contributed by atoms with Crippen molar-refractivity contribution < 1.29 is 4.52 Å². The lowest BCUT2D eigenvalue weighted by Crippen LogP contribution is -1.70. The van der Waals surface area contributed by atoms with Crippen molar-refractivity contribution in [3.63, 3.8) is 0 Å². The molecule has 0 amide bonds. The van der Waals surface area contributed by atoms with Gasteiger partial charge in [-0.05, 0) is 18.2 Å². The van der Waals surface area contributed by atoms with Crippen LogP contribution in [0.25, 0.3) is 0 Å². The van der Waals surface area contributed by atoms with Crippen LogP contribution in [0.3, 0.4) is 0 Å². The lowest BCUT2D eigenvalue weighted by atomic mass is 10.4. The molecule has 0 spiro atoms. The molecule has 0 radical (unpaired) electrons. The molecule has 0 aromatic heterocycles. The molecule has 66 valence electrons. The smallest absolute Gasteiger partial charge is 0.0789 e. The third-order valence-electron chi connectivity index (χ3n) is 1.08. The molecular weight excluding hydrogens is 234 g/mol. The maximum Gasteiger partial charge on any atom is 0.0789 e. The molecule has 1 rings (SSSR count). The number of rotatable bonds is 3. The first-order chi connectivity index (χ1) is 5.72. The summed E-state index contributed by atoms with van der Waals surface area (Å²) in [5, 5.41) is 1.32. The van der Waals surface area contributed by atoms with Gasteiger partial charge in [0.2, 0.25) is 0 Å². The Morgan fingerprint density at radius 2 is 1.83 bits per heavy atom. The van der Waals surface area contributed by atoms with Gasteiger partial charge in [0.1, 0.15) is 0 Å².